The minimum absolute atomic E-state index is 0.0114. The Kier molecular flexibility index (Phi) is 4.99. The van der Waals surface area contributed by atoms with Crippen LogP contribution in [0.5, 0.6) is 0 Å². The Balaban J connectivity index is 1.70. The van der Waals surface area contributed by atoms with Gasteiger partial charge < -0.3 is 5.32 Å². The molecule has 7 heteroatoms. The van der Waals surface area contributed by atoms with Crippen LogP contribution in [0, 0.1) is 6.92 Å². The van der Waals surface area contributed by atoms with Gasteiger partial charge in [-0.1, -0.05) is 13.0 Å². The molecule has 0 unspecified atom stereocenters. The van der Waals surface area contributed by atoms with E-state index in [1.54, 1.807) is 16.2 Å². The third kappa shape index (κ3) is 3.36. The predicted molar refractivity (Wildman–Crippen MR) is 94.2 cm³/mol. The van der Waals surface area contributed by atoms with Gasteiger partial charge in [0.15, 0.2) is 0 Å². The van der Waals surface area contributed by atoms with E-state index in [-0.39, 0.29) is 11.8 Å². The van der Waals surface area contributed by atoms with Crippen molar-refractivity contribution in [2.75, 3.05) is 11.4 Å². The fourth-order valence-electron chi connectivity index (χ4n) is 3.04. The number of nitrogens with zero attached hydrogens (tertiary/aromatic N) is 3. The van der Waals surface area contributed by atoms with Crippen LogP contribution in [-0.4, -0.2) is 34.2 Å². The van der Waals surface area contributed by atoms with Crippen LogP contribution in [0.2, 0.25) is 0 Å². The molecule has 0 saturated heterocycles. The number of anilines is 1. The smallest absolute Gasteiger partial charge is 0.243 e. The van der Waals surface area contributed by atoms with Gasteiger partial charge in [0.2, 0.25) is 11.8 Å². The number of rotatable bonds is 6. The second-order valence-corrected chi connectivity index (χ2v) is 6.96. The molecule has 1 aliphatic rings. The van der Waals surface area contributed by atoms with Crippen LogP contribution < -0.4 is 10.2 Å². The fourth-order valence-corrected chi connectivity index (χ4v) is 3.75. The second kappa shape index (κ2) is 7.17. The summed E-state index contributed by atoms with van der Waals surface area (Å²) in [5.74, 6) is 0.612. The average molecular weight is 346 g/mol. The van der Waals surface area contributed by atoms with Crippen LogP contribution in [0.4, 0.5) is 5.82 Å². The first-order valence-electron chi connectivity index (χ1n) is 8.26. The molecular weight excluding hydrogens is 324 g/mol. The van der Waals surface area contributed by atoms with Crippen molar-refractivity contribution in [3.63, 3.8) is 0 Å². The van der Waals surface area contributed by atoms with E-state index < -0.39 is 6.04 Å². The molecule has 0 saturated carbocycles. The number of hydrogen-bond acceptors (Lipinski definition) is 4. The highest BCUT2D eigenvalue weighted by Crippen LogP contribution is 2.26. The Hall–Kier alpha value is -2.15. The third-order valence-corrected chi connectivity index (χ3v) is 5.12. The molecule has 0 aliphatic carbocycles. The average Bonchev–Trinajstić information content (AvgIpc) is 3.19. The van der Waals surface area contributed by atoms with Crippen LogP contribution in [0.15, 0.2) is 23.6 Å². The van der Waals surface area contributed by atoms with Crippen LogP contribution in [0.25, 0.3) is 0 Å². The number of carbonyl (C=O) groups excluding carboxylic acids is 2. The van der Waals surface area contributed by atoms with E-state index >= 15 is 0 Å². The van der Waals surface area contributed by atoms with Crippen molar-refractivity contribution >= 4 is 29.0 Å². The molecule has 2 aromatic rings. The minimum Gasteiger partial charge on any atom is -0.354 e. The summed E-state index contributed by atoms with van der Waals surface area (Å²) in [5, 5.41) is 9.40. The van der Waals surface area contributed by atoms with E-state index in [1.807, 2.05) is 36.0 Å². The lowest BCUT2D eigenvalue weighted by Gasteiger charge is -2.33. The van der Waals surface area contributed by atoms with E-state index in [0.29, 0.717) is 25.9 Å². The van der Waals surface area contributed by atoms with Crippen molar-refractivity contribution in [3.8, 4) is 0 Å². The summed E-state index contributed by atoms with van der Waals surface area (Å²) < 4.78 is 1.82. The van der Waals surface area contributed by atoms with Crippen molar-refractivity contribution in [2.45, 2.75) is 45.7 Å². The molecule has 24 heavy (non-hydrogen) atoms. The van der Waals surface area contributed by atoms with Gasteiger partial charge in [0.1, 0.15) is 11.9 Å². The fraction of sp³-hybridized carbons (Fsp3) is 0.471. The van der Waals surface area contributed by atoms with Crippen molar-refractivity contribution in [2.24, 2.45) is 0 Å². The maximum atomic E-state index is 12.6. The van der Waals surface area contributed by atoms with Crippen molar-refractivity contribution in [3.05, 3.63) is 34.2 Å². The minimum atomic E-state index is -0.490. The maximum absolute atomic E-state index is 12.6. The van der Waals surface area contributed by atoms with Gasteiger partial charge in [-0.05, 0) is 31.2 Å². The summed E-state index contributed by atoms with van der Waals surface area (Å²) in [6.45, 7) is 4.99. The lowest BCUT2D eigenvalue weighted by Crippen LogP contribution is -2.52. The van der Waals surface area contributed by atoms with Gasteiger partial charge in [-0.2, -0.15) is 5.10 Å². The van der Waals surface area contributed by atoms with E-state index in [4.69, 9.17) is 0 Å². The molecule has 1 atom stereocenters. The van der Waals surface area contributed by atoms with Crippen LogP contribution >= 0.6 is 11.3 Å². The zero-order valence-corrected chi connectivity index (χ0v) is 14.8. The molecule has 0 radical (unpaired) electrons. The molecule has 128 valence electrons. The Morgan fingerprint density at radius 3 is 3.04 bits per heavy atom. The zero-order chi connectivity index (χ0) is 17.1. The number of nitrogens with one attached hydrogen (secondary N) is 1. The summed E-state index contributed by atoms with van der Waals surface area (Å²) in [4.78, 5) is 27.9. The Morgan fingerprint density at radius 2 is 2.33 bits per heavy atom. The maximum Gasteiger partial charge on any atom is 0.243 e. The summed E-state index contributed by atoms with van der Waals surface area (Å²) in [5.41, 5.74) is 0.859. The first-order valence-corrected chi connectivity index (χ1v) is 9.14. The largest absolute Gasteiger partial charge is 0.354 e. The highest BCUT2D eigenvalue weighted by molar-refractivity contribution is 7.09. The number of thiophene rings is 1. The Labute approximate surface area is 145 Å². The number of aryl methyl sites for hydroxylation is 2. The van der Waals surface area contributed by atoms with Gasteiger partial charge in [0.05, 0.1) is 12.2 Å². The van der Waals surface area contributed by atoms with Gasteiger partial charge in [-0.25, -0.2) is 4.68 Å². The van der Waals surface area contributed by atoms with E-state index in [0.717, 1.165) is 17.9 Å². The van der Waals surface area contributed by atoms with Gasteiger partial charge in [-0.3, -0.25) is 14.5 Å². The molecule has 0 aromatic carbocycles. The molecule has 1 aliphatic heterocycles. The molecule has 2 amide bonds. The lowest BCUT2D eigenvalue weighted by atomic mass is 10.1. The summed E-state index contributed by atoms with van der Waals surface area (Å²) in [7, 11) is 0. The van der Waals surface area contributed by atoms with E-state index in [9.17, 15) is 9.59 Å². The summed E-state index contributed by atoms with van der Waals surface area (Å²) >= 11 is 1.68. The first kappa shape index (κ1) is 16.7. The number of carbonyl (C=O) groups is 2. The monoisotopic (exact) mass is 346 g/mol. The summed E-state index contributed by atoms with van der Waals surface area (Å²) in [6.07, 6.45) is 1.76. The molecule has 2 aromatic heterocycles. The molecule has 0 fully saturated rings. The highest BCUT2D eigenvalue weighted by Gasteiger charge is 2.34. The molecule has 3 rings (SSSR count). The normalized spacial score (nSPS) is 15.2. The van der Waals surface area contributed by atoms with Crippen molar-refractivity contribution in [1.82, 2.24) is 15.1 Å². The van der Waals surface area contributed by atoms with Crippen LogP contribution in [0.3, 0.4) is 0 Å². The van der Waals surface area contributed by atoms with E-state index in [2.05, 4.69) is 16.5 Å². The van der Waals surface area contributed by atoms with Gasteiger partial charge in [-0.15, -0.1) is 11.3 Å². The number of aromatic nitrogens is 2. The van der Waals surface area contributed by atoms with Crippen LogP contribution in [0.1, 0.15) is 30.3 Å². The Bertz CT molecular complexity index is 723. The Morgan fingerprint density at radius 1 is 1.50 bits per heavy atom. The number of fused-ring (bicyclic) bond motifs is 1. The molecule has 0 bridgehead atoms. The number of hydrogen-bond donors (Lipinski definition) is 1. The van der Waals surface area contributed by atoms with Gasteiger partial charge in [0.25, 0.3) is 0 Å². The highest BCUT2D eigenvalue weighted by atomic mass is 32.1. The zero-order valence-electron chi connectivity index (χ0n) is 14.0. The lowest BCUT2D eigenvalue weighted by molar-refractivity contribution is -0.127. The summed E-state index contributed by atoms with van der Waals surface area (Å²) in [6, 6.07) is 5.45. The number of amides is 2. The van der Waals surface area contributed by atoms with Gasteiger partial charge in [0, 0.05) is 23.9 Å². The van der Waals surface area contributed by atoms with Crippen molar-refractivity contribution < 1.29 is 9.59 Å². The second-order valence-electron chi connectivity index (χ2n) is 5.93. The third-order valence-electron chi connectivity index (χ3n) is 4.19. The predicted octanol–water partition coefficient (Wildman–Crippen LogP) is 2.13. The quantitative estimate of drug-likeness (QED) is 0.871. The van der Waals surface area contributed by atoms with Crippen LogP contribution in [-0.2, 0) is 22.6 Å². The first-order chi connectivity index (χ1) is 11.6. The van der Waals surface area contributed by atoms with Gasteiger partial charge >= 0.3 is 0 Å². The molecular formula is C17H22N4O2S. The van der Waals surface area contributed by atoms with E-state index in [1.165, 1.54) is 4.88 Å². The SMILES string of the molecule is CC[C@@H](C(=O)NCCc1cccs1)N1C(=O)CCn2nc(C)cc21. The standard InChI is InChI=1S/C17H22N4O2S/c1-3-14(17(23)18-8-6-13-5-4-10-24-13)21-15-11-12(2)19-20(15)9-7-16(21)22/h4-5,10-11,14H,3,6-9H2,1-2H3,(H,18,23)/t14-/m0/s1. The topological polar surface area (TPSA) is 67.2 Å². The van der Waals surface area contributed by atoms with Crippen molar-refractivity contribution in [1.29, 1.82) is 0 Å². The molecule has 6 nitrogen and oxygen atoms in total. The molecule has 0 spiro atoms. The molecule has 3 heterocycles. The molecule has 1 N–H and O–H groups in total.